The number of nitrogens with zero attached hydrogens (tertiary/aromatic N) is 1. The Kier molecular flexibility index (Phi) is 2.45. The van der Waals surface area contributed by atoms with Crippen molar-refractivity contribution in [3.05, 3.63) is 29.3 Å². The fraction of sp³-hybridized carbons (Fsp3) is 0.462. The largest absolute Gasteiger partial charge is 0.399 e. The molecule has 5 heteroatoms. The summed E-state index contributed by atoms with van der Waals surface area (Å²) in [4.78, 5) is 0. The van der Waals surface area contributed by atoms with Crippen LogP contribution in [0.2, 0.25) is 0 Å². The molecule has 1 aromatic rings. The predicted molar refractivity (Wildman–Crippen MR) is 72.5 cm³/mol. The van der Waals surface area contributed by atoms with Crippen LogP contribution in [0.25, 0.3) is 0 Å². The number of nitrogens with two attached hydrogens (primary N) is 3. The molecule has 0 aliphatic heterocycles. The topological polar surface area (TPSA) is 102 Å². The van der Waals surface area contributed by atoms with Crippen LogP contribution in [0.5, 0.6) is 0 Å². The van der Waals surface area contributed by atoms with Crippen LogP contribution >= 0.6 is 0 Å². The molecule has 3 rings (SSSR count). The highest BCUT2D eigenvalue weighted by atomic mass is 15.3. The van der Waals surface area contributed by atoms with Crippen LogP contribution in [0.15, 0.2) is 23.3 Å². The van der Waals surface area contributed by atoms with Crippen molar-refractivity contribution >= 4 is 11.5 Å². The zero-order valence-corrected chi connectivity index (χ0v) is 10.3. The van der Waals surface area contributed by atoms with Gasteiger partial charge in [-0.15, -0.1) is 0 Å². The molecule has 1 spiro atoms. The maximum atomic E-state index is 5.86. The smallest absolute Gasteiger partial charge is 0.136 e. The molecule has 0 amide bonds. The maximum absolute atomic E-state index is 5.86. The van der Waals surface area contributed by atoms with E-state index in [0.29, 0.717) is 17.2 Å². The van der Waals surface area contributed by atoms with Crippen LogP contribution in [-0.4, -0.2) is 5.84 Å². The number of nitrogens with one attached hydrogen (secondary N) is 1. The van der Waals surface area contributed by atoms with Crippen LogP contribution in [0.3, 0.4) is 0 Å². The lowest BCUT2D eigenvalue weighted by Gasteiger charge is -2.20. The number of hydrogen-bond acceptors (Lipinski definition) is 4. The zero-order valence-electron chi connectivity index (χ0n) is 10.3. The van der Waals surface area contributed by atoms with Gasteiger partial charge in [-0.3, -0.25) is 0 Å². The molecular weight excluding hydrogens is 226 g/mol. The van der Waals surface area contributed by atoms with Gasteiger partial charge in [0.05, 0.1) is 0 Å². The fourth-order valence-electron chi connectivity index (χ4n) is 3.31. The van der Waals surface area contributed by atoms with Crippen molar-refractivity contribution in [2.24, 2.45) is 22.2 Å². The standard InChI is InChI=1S/C13H19N5/c14-9-1-2-10-8(5-9)7-13(3-4-13)11(10)6-12(17-15)18-16/h1-2,5,11H,3-4,6-7,14-16H2,(H,17,18). The first kappa shape index (κ1) is 11.3. The summed E-state index contributed by atoms with van der Waals surface area (Å²) in [6.45, 7) is 0. The van der Waals surface area contributed by atoms with Crippen LogP contribution in [0.4, 0.5) is 5.69 Å². The van der Waals surface area contributed by atoms with Gasteiger partial charge < -0.3 is 17.0 Å². The molecular formula is C13H19N5. The quantitative estimate of drug-likeness (QED) is 0.203. The van der Waals surface area contributed by atoms with Crippen molar-refractivity contribution in [1.29, 1.82) is 0 Å². The SMILES string of the molecule is N/N=C(/CC1c2ccc(N)cc2CC12CC2)NN. The summed E-state index contributed by atoms with van der Waals surface area (Å²) in [6.07, 6.45) is 4.45. The van der Waals surface area contributed by atoms with E-state index in [2.05, 4.69) is 22.7 Å². The van der Waals surface area contributed by atoms with E-state index in [1.165, 1.54) is 24.0 Å². The molecule has 1 aromatic carbocycles. The second kappa shape index (κ2) is 3.88. The van der Waals surface area contributed by atoms with Gasteiger partial charge in [-0.05, 0) is 53.9 Å². The van der Waals surface area contributed by atoms with Gasteiger partial charge in [-0.25, -0.2) is 5.84 Å². The van der Waals surface area contributed by atoms with Crippen LogP contribution in [-0.2, 0) is 6.42 Å². The molecule has 0 saturated heterocycles. The second-order valence-electron chi connectivity index (χ2n) is 5.47. The molecule has 0 radical (unpaired) electrons. The number of nitrogen functional groups attached to an aromatic ring is 1. The summed E-state index contributed by atoms with van der Waals surface area (Å²) in [5, 5.41) is 3.71. The normalized spacial score (nSPS) is 24.1. The molecule has 96 valence electrons. The van der Waals surface area contributed by atoms with Gasteiger partial charge in [-0.2, -0.15) is 5.10 Å². The highest BCUT2D eigenvalue weighted by Crippen LogP contribution is 2.64. The van der Waals surface area contributed by atoms with Crippen molar-refractivity contribution in [2.75, 3.05) is 5.73 Å². The third-order valence-corrected chi connectivity index (χ3v) is 4.44. The van der Waals surface area contributed by atoms with E-state index in [1.54, 1.807) is 0 Å². The average Bonchev–Trinajstić information content (AvgIpc) is 3.05. The van der Waals surface area contributed by atoms with E-state index >= 15 is 0 Å². The fourth-order valence-corrected chi connectivity index (χ4v) is 3.31. The van der Waals surface area contributed by atoms with Gasteiger partial charge >= 0.3 is 0 Å². The lowest BCUT2D eigenvalue weighted by Crippen LogP contribution is -2.33. The summed E-state index contributed by atoms with van der Waals surface area (Å²) >= 11 is 0. The van der Waals surface area contributed by atoms with Crippen molar-refractivity contribution in [3.8, 4) is 0 Å². The molecule has 0 bridgehead atoms. The Balaban J connectivity index is 1.94. The van der Waals surface area contributed by atoms with E-state index in [-0.39, 0.29) is 0 Å². The Hall–Kier alpha value is -1.75. The number of fused-ring (bicyclic) bond motifs is 1. The molecule has 0 heterocycles. The zero-order chi connectivity index (χ0) is 12.8. The summed E-state index contributed by atoms with van der Waals surface area (Å²) in [5.41, 5.74) is 12.5. The van der Waals surface area contributed by atoms with E-state index in [0.717, 1.165) is 18.5 Å². The van der Waals surface area contributed by atoms with E-state index < -0.39 is 0 Å². The van der Waals surface area contributed by atoms with E-state index in [4.69, 9.17) is 17.4 Å². The molecule has 1 unspecified atom stereocenters. The number of hydrazone groups is 1. The van der Waals surface area contributed by atoms with Crippen molar-refractivity contribution in [1.82, 2.24) is 5.43 Å². The number of amidine groups is 1. The molecule has 1 saturated carbocycles. The Morgan fingerprint density at radius 2 is 2.22 bits per heavy atom. The molecule has 5 nitrogen and oxygen atoms in total. The highest BCUT2D eigenvalue weighted by Gasteiger charge is 2.54. The van der Waals surface area contributed by atoms with Crippen molar-refractivity contribution in [2.45, 2.75) is 31.6 Å². The molecule has 2 aliphatic rings. The summed E-state index contributed by atoms with van der Waals surface area (Å²) < 4.78 is 0. The minimum Gasteiger partial charge on any atom is -0.399 e. The number of hydrogen-bond donors (Lipinski definition) is 4. The van der Waals surface area contributed by atoms with Crippen LogP contribution in [0.1, 0.15) is 36.3 Å². The molecule has 18 heavy (non-hydrogen) atoms. The van der Waals surface area contributed by atoms with Gasteiger partial charge in [0.25, 0.3) is 0 Å². The molecule has 1 atom stereocenters. The number of anilines is 1. The van der Waals surface area contributed by atoms with Crippen molar-refractivity contribution in [3.63, 3.8) is 0 Å². The molecule has 7 N–H and O–H groups in total. The molecule has 1 fully saturated rings. The number of rotatable bonds is 2. The molecule has 2 aliphatic carbocycles. The third kappa shape index (κ3) is 1.62. The summed E-state index contributed by atoms with van der Waals surface area (Å²) in [5.74, 6) is 11.9. The highest BCUT2D eigenvalue weighted by molar-refractivity contribution is 5.82. The molecule has 0 aromatic heterocycles. The van der Waals surface area contributed by atoms with Crippen LogP contribution in [0, 0.1) is 5.41 Å². The third-order valence-electron chi connectivity index (χ3n) is 4.44. The van der Waals surface area contributed by atoms with Crippen LogP contribution < -0.4 is 22.8 Å². The van der Waals surface area contributed by atoms with Gasteiger partial charge in [0, 0.05) is 12.1 Å². The Morgan fingerprint density at radius 1 is 1.44 bits per heavy atom. The second-order valence-corrected chi connectivity index (χ2v) is 5.47. The Bertz CT molecular complexity index is 504. The van der Waals surface area contributed by atoms with Gasteiger partial charge in [0.2, 0.25) is 0 Å². The number of benzene rings is 1. The summed E-state index contributed by atoms with van der Waals surface area (Å²) in [7, 11) is 0. The average molecular weight is 245 g/mol. The van der Waals surface area contributed by atoms with Crippen molar-refractivity contribution < 1.29 is 0 Å². The first-order valence-electron chi connectivity index (χ1n) is 6.30. The van der Waals surface area contributed by atoms with E-state index in [9.17, 15) is 0 Å². The Labute approximate surface area is 106 Å². The lowest BCUT2D eigenvalue weighted by molar-refractivity contribution is 0.442. The van der Waals surface area contributed by atoms with E-state index in [1.807, 2.05) is 6.07 Å². The minimum absolute atomic E-state index is 0.406. The Morgan fingerprint density at radius 3 is 2.83 bits per heavy atom. The van der Waals surface area contributed by atoms with Gasteiger partial charge in [-0.1, -0.05) is 6.07 Å². The number of hydrazine groups is 1. The summed E-state index contributed by atoms with van der Waals surface area (Å²) in [6, 6.07) is 6.22. The van der Waals surface area contributed by atoms with Gasteiger partial charge in [0.15, 0.2) is 0 Å². The van der Waals surface area contributed by atoms with Gasteiger partial charge in [0.1, 0.15) is 5.84 Å². The maximum Gasteiger partial charge on any atom is 0.136 e. The monoisotopic (exact) mass is 245 g/mol. The lowest BCUT2D eigenvalue weighted by atomic mass is 9.86. The first-order valence-corrected chi connectivity index (χ1v) is 6.30. The predicted octanol–water partition coefficient (Wildman–Crippen LogP) is 0.814. The minimum atomic E-state index is 0.406. The first-order chi connectivity index (χ1) is 8.68.